The van der Waals surface area contributed by atoms with Crippen molar-refractivity contribution in [1.82, 2.24) is 0 Å². The lowest BCUT2D eigenvalue weighted by Crippen LogP contribution is -2.06. The molecule has 0 saturated heterocycles. The molecule has 8 heteroatoms. The summed E-state index contributed by atoms with van der Waals surface area (Å²) in [7, 11) is -3.67. The molecule has 0 aliphatic rings. The minimum atomic E-state index is -3.67. The van der Waals surface area contributed by atoms with Crippen LogP contribution < -0.4 is 5.73 Å². The lowest BCUT2D eigenvalue weighted by atomic mass is 10.1. The molecular formula is C13H19N3O3S2. The van der Waals surface area contributed by atoms with Gasteiger partial charge in [0.05, 0.1) is 12.3 Å². The van der Waals surface area contributed by atoms with Gasteiger partial charge in [0.15, 0.2) is 5.17 Å². The van der Waals surface area contributed by atoms with E-state index in [4.69, 9.17) is 15.5 Å². The maximum absolute atomic E-state index is 9.19. The fraction of sp³-hybridized carbons (Fsp3) is 0.385. The predicted molar refractivity (Wildman–Crippen MR) is 85.9 cm³/mol. The van der Waals surface area contributed by atoms with Crippen LogP contribution >= 0.6 is 11.8 Å². The van der Waals surface area contributed by atoms with E-state index in [0.717, 1.165) is 11.3 Å². The van der Waals surface area contributed by atoms with Gasteiger partial charge in [-0.25, -0.2) is 0 Å². The second-order valence-corrected chi connectivity index (χ2v) is 6.51. The van der Waals surface area contributed by atoms with Crippen LogP contribution in [0, 0.1) is 11.3 Å². The largest absolute Gasteiger partial charge is 0.378 e. The SMILES string of the molecule is CCN=C(N)Sc1ccc(CCC#N)cc1.CS(=O)(=O)O. The molecule has 0 aromatic heterocycles. The van der Waals surface area contributed by atoms with Gasteiger partial charge in [-0.15, -0.1) is 0 Å². The summed E-state index contributed by atoms with van der Waals surface area (Å²) >= 11 is 1.46. The van der Waals surface area contributed by atoms with Crippen molar-refractivity contribution in [1.29, 1.82) is 5.26 Å². The summed E-state index contributed by atoms with van der Waals surface area (Å²) in [6.45, 7) is 2.66. The van der Waals surface area contributed by atoms with Gasteiger partial charge >= 0.3 is 0 Å². The molecule has 0 bridgehead atoms. The van der Waals surface area contributed by atoms with Crippen LogP contribution in [0.25, 0.3) is 0 Å². The van der Waals surface area contributed by atoms with E-state index in [1.54, 1.807) is 0 Å². The van der Waals surface area contributed by atoms with Gasteiger partial charge in [0.2, 0.25) is 0 Å². The topological polar surface area (TPSA) is 117 Å². The van der Waals surface area contributed by atoms with E-state index in [2.05, 4.69) is 11.1 Å². The second-order valence-electron chi connectivity index (χ2n) is 3.95. The molecule has 1 aromatic carbocycles. The first-order chi connectivity index (χ1) is 9.76. The van der Waals surface area contributed by atoms with Crippen molar-refractivity contribution in [3.63, 3.8) is 0 Å². The highest BCUT2D eigenvalue weighted by molar-refractivity contribution is 8.13. The van der Waals surface area contributed by atoms with E-state index in [-0.39, 0.29) is 0 Å². The summed E-state index contributed by atoms with van der Waals surface area (Å²) in [6, 6.07) is 10.2. The minimum absolute atomic E-state index is 0.561. The van der Waals surface area contributed by atoms with Gasteiger partial charge in [-0.3, -0.25) is 9.55 Å². The Morgan fingerprint density at radius 2 is 1.95 bits per heavy atom. The maximum Gasteiger partial charge on any atom is 0.261 e. The van der Waals surface area contributed by atoms with Gasteiger partial charge in [-0.05, 0) is 31.0 Å². The number of aliphatic imine (C=N–C) groups is 1. The average molecular weight is 329 g/mol. The van der Waals surface area contributed by atoms with Gasteiger partial charge in [0.1, 0.15) is 0 Å². The van der Waals surface area contributed by atoms with Crippen LogP contribution in [0.15, 0.2) is 34.2 Å². The first kappa shape index (κ1) is 19.4. The molecule has 21 heavy (non-hydrogen) atoms. The van der Waals surface area contributed by atoms with Crippen molar-refractivity contribution < 1.29 is 13.0 Å². The third-order valence-corrected chi connectivity index (χ3v) is 2.83. The van der Waals surface area contributed by atoms with E-state index >= 15 is 0 Å². The smallest absolute Gasteiger partial charge is 0.261 e. The van der Waals surface area contributed by atoms with Crippen molar-refractivity contribution in [2.75, 3.05) is 12.8 Å². The summed E-state index contributed by atoms with van der Waals surface area (Å²) in [4.78, 5) is 5.19. The summed E-state index contributed by atoms with van der Waals surface area (Å²) in [6.07, 6.45) is 2.08. The summed E-state index contributed by atoms with van der Waals surface area (Å²) < 4.78 is 25.9. The van der Waals surface area contributed by atoms with Crippen LogP contribution in [0.4, 0.5) is 0 Å². The Hall–Kier alpha value is -1.56. The minimum Gasteiger partial charge on any atom is -0.378 e. The Balaban J connectivity index is 0.000000690. The van der Waals surface area contributed by atoms with Gasteiger partial charge in [-0.1, -0.05) is 23.9 Å². The summed E-state index contributed by atoms with van der Waals surface area (Å²) in [5.41, 5.74) is 6.88. The number of nitrogens with zero attached hydrogens (tertiary/aromatic N) is 2. The zero-order valence-electron chi connectivity index (χ0n) is 12.0. The third kappa shape index (κ3) is 13.2. The van der Waals surface area contributed by atoms with Crippen LogP contribution in [0.3, 0.4) is 0 Å². The number of hydrogen-bond acceptors (Lipinski definition) is 5. The van der Waals surface area contributed by atoms with Crippen LogP contribution in [0.5, 0.6) is 0 Å². The van der Waals surface area contributed by atoms with Crippen LogP contribution in [0.1, 0.15) is 18.9 Å². The first-order valence-corrected chi connectivity index (χ1v) is 8.78. The van der Waals surface area contributed by atoms with Crippen molar-refractivity contribution in [3.8, 4) is 6.07 Å². The molecule has 0 unspecified atom stereocenters. The summed E-state index contributed by atoms with van der Waals surface area (Å²) in [5.74, 6) is 0. The fourth-order valence-corrected chi connectivity index (χ4v) is 1.94. The number of nitrogens with two attached hydrogens (primary N) is 1. The van der Waals surface area contributed by atoms with Gasteiger partial charge in [0, 0.05) is 17.9 Å². The molecule has 0 aliphatic heterocycles. The average Bonchev–Trinajstić information content (AvgIpc) is 2.36. The van der Waals surface area contributed by atoms with Crippen molar-refractivity contribution in [3.05, 3.63) is 29.8 Å². The molecule has 0 radical (unpaired) electrons. The molecule has 1 rings (SSSR count). The molecular weight excluding hydrogens is 310 g/mol. The molecule has 116 valence electrons. The fourth-order valence-electron chi connectivity index (χ4n) is 1.23. The zero-order chi connectivity index (χ0) is 16.3. The number of amidine groups is 1. The van der Waals surface area contributed by atoms with Crippen LogP contribution in [-0.2, 0) is 16.5 Å². The summed E-state index contributed by atoms with van der Waals surface area (Å²) in [5, 5.41) is 9.06. The molecule has 6 nitrogen and oxygen atoms in total. The molecule has 0 aliphatic carbocycles. The quantitative estimate of drug-likeness (QED) is 0.378. The first-order valence-electron chi connectivity index (χ1n) is 6.12. The highest BCUT2D eigenvalue weighted by atomic mass is 32.2. The zero-order valence-corrected chi connectivity index (χ0v) is 13.6. The van der Waals surface area contributed by atoms with Crippen molar-refractivity contribution in [2.24, 2.45) is 10.7 Å². The van der Waals surface area contributed by atoms with Gasteiger partial charge < -0.3 is 5.73 Å². The van der Waals surface area contributed by atoms with Crippen molar-refractivity contribution >= 4 is 27.0 Å². The molecule has 0 atom stereocenters. The van der Waals surface area contributed by atoms with Crippen LogP contribution in [0.2, 0.25) is 0 Å². The van der Waals surface area contributed by atoms with E-state index in [1.165, 1.54) is 17.3 Å². The number of hydrogen-bond donors (Lipinski definition) is 2. The monoisotopic (exact) mass is 329 g/mol. The molecule has 0 spiro atoms. The Bertz CT molecular complexity index is 582. The number of nitriles is 1. The van der Waals surface area contributed by atoms with E-state index in [9.17, 15) is 8.42 Å². The number of rotatable bonds is 4. The standard InChI is InChI=1S/C12H15N3S.CH4O3S/c1-2-15-12(14)16-11-7-5-10(6-8-11)4-3-9-13;1-5(2,3)4/h5-8H,2-4H2,1H3,(H2,14,15);1H3,(H,2,3,4). The maximum atomic E-state index is 9.19. The predicted octanol–water partition coefficient (Wildman–Crippen LogP) is 2.07. The lowest BCUT2D eigenvalue weighted by molar-refractivity contribution is 0.490. The second kappa shape index (κ2) is 10.2. The highest BCUT2D eigenvalue weighted by Gasteiger charge is 1.98. The Kier molecular flexibility index (Phi) is 9.45. The highest BCUT2D eigenvalue weighted by Crippen LogP contribution is 2.18. The molecule has 0 saturated carbocycles. The Labute approximate surface area is 129 Å². The normalized spacial score (nSPS) is 11.2. The molecule has 0 fully saturated rings. The molecule has 1 aromatic rings. The van der Waals surface area contributed by atoms with Crippen molar-refractivity contribution in [2.45, 2.75) is 24.7 Å². The lowest BCUT2D eigenvalue weighted by Gasteiger charge is -2.02. The van der Waals surface area contributed by atoms with Gasteiger partial charge in [-0.2, -0.15) is 13.7 Å². The molecule has 0 heterocycles. The van der Waals surface area contributed by atoms with E-state index in [1.807, 2.05) is 31.2 Å². The number of aryl methyl sites for hydroxylation is 1. The van der Waals surface area contributed by atoms with E-state index < -0.39 is 10.1 Å². The third-order valence-electron chi connectivity index (χ3n) is 1.99. The molecule has 0 amide bonds. The number of benzene rings is 1. The Morgan fingerprint density at radius 3 is 2.38 bits per heavy atom. The van der Waals surface area contributed by atoms with Crippen LogP contribution in [-0.4, -0.2) is 30.9 Å². The Morgan fingerprint density at radius 1 is 1.43 bits per heavy atom. The number of thioether (sulfide) groups is 1. The van der Waals surface area contributed by atoms with Gasteiger partial charge in [0.25, 0.3) is 10.1 Å². The molecule has 3 N–H and O–H groups in total. The van der Waals surface area contributed by atoms with E-state index in [0.29, 0.717) is 24.4 Å².